The molecule has 0 saturated heterocycles. The lowest BCUT2D eigenvalue weighted by molar-refractivity contribution is 0.161. The van der Waals surface area contributed by atoms with Crippen molar-refractivity contribution in [2.24, 2.45) is 0 Å². The Balaban J connectivity index is 2.38. The molecule has 0 aromatic heterocycles. The van der Waals surface area contributed by atoms with Crippen LogP contribution in [0.5, 0.6) is 5.75 Å². The molecule has 2 unspecified atom stereocenters. The summed E-state index contributed by atoms with van der Waals surface area (Å²) in [6.45, 7) is 9.84. The van der Waals surface area contributed by atoms with Gasteiger partial charge in [-0.05, 0) is 24.5 Å². The molecule has 0 spiro atoms. The zero-order valence-electron chi connectivity index (χ0n) is 12.1. The molecule has 2 atom stereocenters. The zero-order valence-corrected chi connectivity index (χ0v) is 12.1. The fraction of sp³-hybridized carbons (Fsp3) is 0.263. The number of allylic oxidation sites excluding steroid dienone is 6. The molecular weight excluding hydrogens is 244 g/mol. The topological polar surface area (TPSA) is 9.23 Å². The monoisotopic (exact) mass is 266 g/mol. The highest BCUT2D eigenvalue weighted by Gasteiger charge is 2.28. The molecule has 0 fully saturated rings. The van der Waals surface area contributed by atoms with Crippen molar-refractivity contribution in [1.82, 2.24) is 0 Å². The highest BCUT2D eigenvalue weighted by molar-refractivity contribution is 5.46. The summed E-state index contributed by atoms with van der Waals surface area (Å²) in [6.07, 6.45) is 12.1. The fourth-order valence-corrected chi connectivity index (χ4v) is 2.63. The van der Waals surface area contributed by atoms with Gasteiger partial charge >= 0.3 is 0 Å². The van der Waals surface area contributed by atoms with Gasteiger partial charge in [0.05, 0.1) is 6.10 Å². The second kappa shape index (κ2) is 6.95. The van der Waals surface area contributed by atoms with Gasteiger partial charge in [0.1, 0.15) is 5.75 Å². The smallest absolute Gasteiger partial charge is 0.123 e. The van der Waals surface area contributed by atoms with Gasteiger partial charge in [-0.1, -0.05) is 68.7 Å². The highest BCUT2D eigenvalue weighted by atomic mass is 16.5. The lowest BCUT2D eigenvalue weighted by Crippen LogP contribution is -2.25. The lowest BCUT2D eigenvalue weighted by atomic mass is 9.83. The van der Waals surface area contributed by atoms with Crippen molar-refractivity contribution in [3.63, 3.8) is 0 Å². The lowest BCUT2D eigenvalue weighted by Gasteiger charge is -2.32. The molecule has 1 heteroatoms. The molecule has 0 amide bonds. The number of hydrogen-bond donors (Lipinski definition) is 0. The molecule has 1 aromatic rings. The Kier molecular flexibility index (Phi) is 5.00. The van der Waals surface area contributed by atoms with Crippen molar-refractivity contribution in [3.8, 4) is 5.75 Å². The summed E-state index contributed by atoms with van der Waals surface area (Å²) in [5.41, 5.74) is 2.49. The van der Waals surface area contributed by atoms with E-state index in [2.05, 4.69) is 44.4 Å². The van der Waals surface area contributed by atoms with E-state index in [-0.39, 0.29) is 6.10 Å². The van der Waals surface area contributed by atoms with Gasteiger partial charge in [-0.3, -0.25) is 0 Å². The van der Waals surface area contributed by atoms with E-state index in [1.807, 2.05) is 24.3 Å². The third-order valence-electron chi connectivity index (χ3n) is 3.72. The maximum absolute atomic E-state index is 6.04. The Morgan fingerprint density at radius 2 is 2.10 bits per heavy atom. The minimum Gasteiger partial charge on any atom is -0.490 e. The van der Waals surface area contributed by atoms with Crippen LogP contribution in [0, 0.1) is 0 Å². The van der Waals surface area contributed by atoms with E-state index >= 15 is 0 Å². The van der Waals surface area contributed by atoms with Gasteiger partial charge in [-0.2, -0.15) is 0 Å². The molecule has 1 aliphatic heterocycles. The van der Waals surface area contributed by atoms with E-state index in [1.54, 1.807) is 6.08 Å². The number of hydrogen-bond acceptors (Lipinski definition) is 1. The molecule has 0 radical (unpaired) electrons. The Labute approximate surface area is 122 Å². The van der Waals surface area contributed by atoms with Crippen LogP contribution in [-0.2, 0) is 0 Å². The van der Waals surface area contributed by atoms with Crippen LogP contribution in [0.15, 0.2) is 73.4 Å². The molecule has 0 saturated carbocycles. The van der Waals surface area contributed by atoms with Crippen molar-refractivity contribution in [2.75, 3.05) is 0 Å². The van der Waals surface area contributed by atoms with Crippen LogP contribution in [0.1, 0.15) is 31.2 Å². The highest BCUT2D eigenvalue weighted by Crippen LogP contribution is 2.41. The average Bonchev–Trinajstić information content (AvgIpc) is 2.50. The van der Waals surface area contributed by atoms with Crippen LogP contribution in [0.3, 0.4) is 0 Å². The Morgan fingerprint density at radius 3 is 2.80 bits per heavy atom. The standard InChI is InChI=1S/C19H22O/c1-4-7-8-11-15(5-2)18-14-16(6-3)20-19-13-10-9-12-17(18)19/h4-5,7-13,16,18H,1-2,6,14H2,3H3/b8-7-,15-11+. The number of fused-ring (bicyclic) bond motifs is 1. The summed E-state index contributed by atoms with van der Waals surface area (Å²) >= 11 is 0. The number of rotatable bonds is 5. The number of para-hydroxylation sites is 1. The quantitative estimate of drug-likeness (QED) is 0.667. The first-order valence-electron chi connectivity index (χ1n) is 7.17. The molecule has 1 heterocycles. The third kappa shape index (κ3) is 3.11. The Morgan fingerprint density at radius 1 is 1.30 bits per heavy atom. The van der Waals surface area contributed by atoms with E-state index in [1.165, 1.54) is 11.1 Å². The van der Waals surface area contributed by atoms with Gasteiger partial charge in [-0.25, -0.2) is 0 Å². The first-order valence-corrected chi connectivity index (χ1v) is 7.17. The predicted molar refractivity (Wildman–Crippen MR) is 86.1 cm³/mol. The van der Waals surface area contributed by atoms with Gasteiger partial charge in [-0.15, -0.1) is 0 Å². The van der Waals surface area contributed by atoms with E-state index in [0.29, 0.717) is 5.92 Å². The molecule has 20 heavy (non-hydrogen) atoms. The van der Waals surface area contributed by atoms with Gasteiger partial charge < -0.3 is 4.74 Å². The number of ether oxygens (including phenoxy) is 1. The minimum atomic E-state index is 0.279. The second-order valence-electron chi connectivity index (χ2n) is 4.97. The predicted octanol–water partition coefficient (Wildman–Crippen LogP) is 5.19. The van der Waals surface area contributed by atoms with Crippen LogP contribution >= 0.6 is 0 Å². The Bertz CT molecular complexity index is 536. The summed E-state index contributed by atoms with van der Waals surface area (Å²) in [7, 11) is 0. The largest absolute Gasteiger partial charge is 0.490 e. The number of benzene rings is 1. The Hall–Kier alpha value is -2.02. The summed E-state index contributed by atoms with van der Waals surface area (Å²) in [6, 6.07) is 8.31. The maximum atomic E-state index is 6.04. The summed E-state index contributed by atoms with van der Waals surface area (Å²) in [5, 5.41) is 0. The van der Waals surface area contributed by atoms with Crippen LogP contribution in [-0.4, -0.2) is 6.10 Å². The van der Waals surface area contributed by atoms with Crippen LogP contribution < -0.4 is 4.74 Å². The molecule has 0 bridgehead atoms. The second-order valence-corrected chi connectivity index (χ2v) is 4.97. The van der Waals surface area contributed by atoms with Gasteiger partial charge in [0.25, 0.3) is 0 Å². The fourth-order valence-electron chi connectivity index (χ4n) is 2.63. The molecule has 1 aliphatic rings. The molecule has 1 aromatic carbocycles. The summed E-state index contributed by atoms with van der Waals surface area (Å²) < 4.78 is 6.04. The maximum Gasteiger partial charge on any atom is 0.123 e. The SMILES string of the molecule is C=C/C=C\C=C(/C=C)C1CC(CC)Oc2ccccc21. The molecule has 0 aliphatic carbocycles. The van der Waals surface area contributed by atoms with Gasteiger partial charge in [0, 0.05) is 11.5 Å². The van der Waals surface area contributed by atoms with Crippen molar-refractivity contribution in [1.29, 1.82) is 0 Å². The van der Waals surface area contributed by atoms with Crippen LogP contribution in [0.4, 0.5) is 0 Å². The van der Waals surface area contributed by atoms with Gasteiger partial charge in [0.15, 0.2) is 0 Å². The zero-order chi connectivity index (χ0) is 14.4. The first kappa shape index (κ1) is 14.4. The average molecular weight is 266 g/mol. The summed E-state index contributed by atoms with van der Waals surface area (Å²) in [5.74, 6) is 1.37. The third-order valence-corrected chi connectivity index (χ3v) is 3.72. The van der Waals surface area contributed by atoms with Crippen LogP contribution in [0.2, 0.25) is 0 Å². The molecule has 1 nitrogen and oxygen atoms in total. The van der Waals surface area contributed by atoms with Crippen molar-refractivity contribution in [3.05, 3.63) is 78.9 Å². The van der Waals surface area contributed by atoms with Crippen LogP contribution in [0.25, 0.3) is 0 Å². The van der Waals surface area contributed by atoms with E-state index in [0.717, 1.165) is 18.6 Å². The van der Waals surface area contributed by atoms with E-state index in [9.17, 15) is 0 Å². The molecule has 0 N–H and O–H groups in total. The van der Waals surface area contributed by atoms with Crippen molar-refractivity contribution >= 4 is 0 Å². The first-order chi connectivity index (χ1) is 9.80. The van der Waals surface area contributed by atoms with E-state index < -0.39 is 0 Å². The molecule has 104 valence electrons. The van der Waals surface area contributed by atoms with Crippen molar-refractivity contribution in [2.45, 2.75) is 31.8 Å². The minimum absolute atomic E-state index is 0.279. The molecular formula is C19H22O. The molecule has 2 rings (SSSR count). The normalized spacial score (nSPS) is 22.1. The van der Waals surface area contributed by atoms with Crippen molar-refractivity contribution < 1.29 is 4.74 Å². The van der Waals surface area contributed by atoms with Gasteiger partial charge in [0.2, 0.25) is 0 Å². The summed E-state index contributed by atoms with van der Waals surface area (Å²) in [4.78, 5) is 0. The van der Waals surface area contributed by atoms with E-state index in [4.69, 9.17) is 4.74 Å².